The molecule has 0 saturated carbocycles. The summed E-state index contributed by atoms with van der Waals surface area (Å²) in [6.07, 6.45) is 1.82. The molecule has 1 N–H and O–H groups in total. The second-order valence-electron chi connectivity index (χ2n) is 3.97. The van der Waals surface area contributed by atoms with Crippen LogP contribution in [0.4, 0.5) is 11.5 Å². The first kappa shape index (κ1) is 10.8. The average Bonchev–Trinajstić information content (AvgIpc) is 2.65. The quantitative estimate of drug-likeness (QED) is 0.594. The van der Waals surface area contributed by atoms with Crippen LogP contribution in [-0.4, -0.2) is 34.2 Å². The molecule has 1 atom stereocenters. The summed E-state index contributed by atoms with van der Waals surface area (Å²) < 4.78 is 0. The maximum Gasteiger partial charge on any atom is 0.277 e. The van der Waals surface area contributed by atoms with Crippen LogP contribution >= 0.6 is 0 Å². The monoisotopic (exact) mass is 223 g/mol. The van der Waals surface area contributed by atoms with E-state index in [1.54, 1.807) is 6.92 Å². The molecule has 1 aromatic rings. The van der Waals surface area contributed by atoms with Crippen LogP contribution in [-0.2, 0) is 0 Å². The predicted octanol–water partition coefficient (Wildman–Crippen LogP) is 0.869. The minimum absolute atomic E-state index is 0.0754. The molecule has 6 heteroatoms. The largest absolute Gasteiger partial charge is 0.391 e. The summed E-state index contributed by atoms with van der Waals surface area (Å²) >= 11 is 0. The van der Waals surface area contributed by atoms with Crippen LogP contribution in [0.5, 0.6) is 0 Å². The lowest BCUT2D eigenvalue weighted by Gasteiger charge is -2.16. The van der Waals surface area contributed by atoms with Gasteiger partial charge in [-0.15, -0.1) is 0 Å². The van der Waals surface area contributed by atoms with Gasteiger partial charge in [0.25, 0.3) is 5.69 Å². The third-order valence-electron chi connectivity index (χ3n) is 2.74. The highest BCUT2D eigenvalue weighted by Crippen LogP contribution is 2.24. The molecule has 1 aliphatic heterocycles. The molecule has 2 heterocycles. The molecule has 0 radical (unpaired) electrons. The van der Waals surface area contributed by atoms with Crippen LogP contribution in [0.2, 0.25) is 0 Å². The van der Waals surface area contributed by atoms with E-state index < -0.39 is 4.92 Å². The molecular weight excluding hydrogens is 210 g/mol. The Morgan fingerprint density at radius 3 is 3.00 bits per heavy atom. The Morgan fingerprint density at radius 1 is 1.69 bits per heavy atom. The van der Waals surface area contributed by atoms with Gasteiger partial charge in [0.15, 0.2) is 0 Å². The first-order valence-corrected chi connectivity index (χ1v) is 5.12. The highest BCUT2D eigenvalue weighted by Gasteiger charge is 2.23. The van der Waals surface area contributed by atoms with Gasteiger partial charge in [0.2, 0.25) is 0 Å². The standard InChI is InChI=1S/C10H13N3O3/c1-7-5-11-10(4-9(7)13(15)16)12-3-2-8(14)6-12/h4-5,8,14H,2-3,6H2,1H3/t8-/m0/s1. The van der Waals surface area contributed by atoms with E-state index in [9.17, 15) is 15.2 Å². The van der Waals surface area contributed by atoms with Crippen molar-refractivity contribution in [2.45, 2.75) is 19.4 Å². The minimum atomic E-state index is -0.410. The van der Waals surface area contributed by atoms with Crippen molar-refractivity contribution in [2.24, 2.45) is 0 Å². The average molecular weight is 223 g/mol. The third-order valence-corrected chi connectivity index (χ3v) is 2.74. The summed E-state index contributed by atoms with van der Waals surface area (Å²) in [5, 5.41) is 20.2. The number of aromatic nitrogens is 1. The summed E-state index contributed by atoms with van der Waals surface area (Å²) in [4.78, 5) is 16.4. The molecule has 1 aromatic heterocycles. The van der Waals surface area contributed by atoms with Crippen LogP contribution in [0.1, 0.15) is 12.0 Å². The van der Waals surface area contributed by atoms with Crippen molar-refractivity contribution in [3.8, 4) is 0 Å². The summed E-state index contributed by atoms with van der Waals surface area (Å²) in [6.45, 7) is 2.84. The van der Waals surface area contributed by atoms with E-state index in [4.69, 9.17) is 0 Å². The van der Waals surface area contributed by atoms with Gasteiger partial charge in [0.1, 0.15) is 5.82 Å². The molecule has 0 aliphatic carbocycles. The molecule has 0 unspecified atom stereocenters. The lowest BCUT2D eigenvalue weighted by Crippen LogP contribution is -2.22. The number of aliphatic hydroxyl groups is 1. The Kier molecular flexibility index (Phi) is 2.74. The minimum Gasteiger partial charge on any atom is -0.391 e. The molecule has 1 fully saturated rings. The molecular formula is C10H13N3O3. The fourth-order valence-electron chi connectivity index (χ4n) is 1.82. The van der Waals surface area contributed by atoms with Gasteiger partial charge in [-0.05, 0) is 13.3 Å². The summed E-state index contributed by atoms with van der Waals surface area (Å²) in [6, 6.07) is 1.47. The number of β-amino-alcohol motifs (C(OH)–C–C–N with tert-alkyl or cyclic N) is 1. The van der Waals surface area contributed by atoms with Crippen LogP contribution in [0.15, 0.2) is 12.3 Å². The Morgan fingerprint density at radius 2 is 2.44 bits per heavy atom. The normalized spacial score (nSPS) is 20.1. The van der Waals surface area contributed by atoms with Crippen molar-refractivity contribution in [1.82, 2.24) is 4.98 Å². The van der Waals surface area contributed by atoms with Gasteiger partial charge in [-0.2, -0.15) is 0 Å². The van der Waals surface area contributed by atoms with Crippen molar-refractivity contribution in [3.63, 3.8) is 0 Å². The maximum atomic E-state index is 10.8. The van der Waals surface area contributed by atoms with Crippen molar-refractivity contribution < 1.29 is 10.0 Å². The lowest BCUT2D eigenvalue weighted by atomic mass is 10.2. The zero-order valence-corrected chi connectivity index (χ0v) is 8.96. The summed E-state index contributed by atoms with van der Waals surface area (Å²) in [7, 11) is 0. The fraction of sp³-hybridized carbons (Fsp3) is 0.500. The number of rotatable bonds is 2. The number of aryl methyl sites for hydroxylation is 1. The molecule has 0 amide bonds. The van der Waals surface area contributed by atoms with E-state index in [-0.39, 0.29) is 11.8 Å². The van der Waals surface area contributed by atoms with Gasteiger partial charge >= 0.3 is 0 Å². The SMILES string of the molecule is Cc1cnc(N2CC[C@H](O)C2)cc1[N+](=O)[O-]. The summed E-state index contributed by atoms with van der Waals surface area (Å²) in [5.41, 5.74) is 0.625. The molecule has 16 heavy (non-hydrogen) atoms. The van der Waals surface area contributed by atoms with E-state index in [1.807, 2.05) is 4.90 Å². The first-order chi connectivity index (χ1) is 7.58. The Hall–Kier alpha value is -1.69. The van der Waals surface area contributed by atoms with Gasteiger partial charge in [0, 0.05) is 24.8 Å². The molecule has 2 rings (SSSR count). The molecule has 0 aromatic carbocycles. The molecule has 0 spiro atoms. The van der Waals surface area contributed by atoms with Crippen molar-refractivity contribution in [1.29, 1.82) is 0 Å². The predicted molar refractivity (Wildman–Crippen MR) is 58.5 cm³/mol. The van der Waals surface area contributed by atoms with Gasteiger partial charge in [-0.1, -0.05) is 0 Å². The second-order valence-corrected chi connectivity index (χ2v) is 3.97. The van der Waals surface area contributed by atoms with E-state index >= 15 is 0 Å². The van der Waals surface area contributed by atoms with Crippen LogP contribution < -0.4 is 4.90 Å². The highest BCUT2D eigenvalue weighted by atomic mass is 16.6. The van der Waals surface area contributed by atoms with Crippen LogP contribution in [0.25, 0.3) is 0 Å². The van der Waals surface area contributed by atoms with Gasteiger partial charge in [0.05, 0.1) is 17.1 Å². The number of aliphatic hydroxyl groups excluding tert-OH is 1. The number of hydrogen-bond donors (Lipinski definition) is 1. The summed E-state index contributed by atoms with van der Waals surface area (Å²) in [5.74, 6) is 0.564. The van der Waals surface area contributed by atoms with Crippen LogP contribution in [0, 0.1) is 17.0 Å². The number of nitrogens with zero attached hydrogens (tertiary/aromatic N) is 3. The maximum absolute atomic E-state index is 10.8. The van der Waals surface area contributed by atoms with Crippen molar-refractivity contribution in [3.05, 3.63) is 27.9 Å². The molecule has 6 nitrogen and oxygen atoms in total. The molecule has 1 saturated heterocycles. The topological polar surface area (TPSA) is 79.5 Å². The Balaban J connectivity index is 2.29. The first-order valence-electron chi connectivity index (χ1n) is 5.12. The van der Waals surface area contributed by atoms with Crippen molar-refractivity contribution in [2.75, 3.05) is 18.0 Å². The number of hydrogen-bond acceptors (Lipinski definition) is 5. The van der Waals surface area contributed by atoms with Crippen LogP contribution in [0.3, 0.4) is 0 Å². The zero-order valence-electron chi connectivity index (χ0n) is 8.96. The number of anilines is 1. The van der Waals surface area contributed by atoms with Crippen molar-refractivity contribution >= 4 is 11.5 Å². The molecule has 1 aliphatic rings. The molecule has 0 bridgehead atoms. The van der Waals surface area contributed by atoms with E-state index in [0.29, 0.717) is 30.9 Å². The van der Waals surface area contributed by atoms with E-state index in [0.717, 1.165) is 0 Å². The third kappa shape index (κ3) is 1.96. The zero-order chi connectivity index (χ0) is 11.7. The highest BCUT2D eigenvalue weighted by molar-refractivity contribution is 5.51. The smallest absolute Gasteiger partial charge is 0.277 e. The fourth-order valence-corrected chi connectivity index (χ4v) is 1.82. The van der Waals surface area contributed by atoms with Gasteiger partial charge in [-0.3, -0.25) is 10.1 Å². The van der Waals surface area contributed by atoms with Gasteiger partial charge < -0.3 is 10.0 Å². The Bertz CT molecular complexity index is 422. The van der Waals surface area contributed by atoms with E-state index in [1.165, 1.54) is 12.3 Å². The Labute approximate surface area is 92.7 Å². The number of nitro groups is 1. The lowest BCUT2D eigenvalue weighted by molar-refractivity contribution is -0.385. The number of pyridine rings is 1. The molecule has 86 valence electrons. The van der Waals surface area contributed by atoms with Gasteiger partial charge in [-0.25, -0.2) is 4.98 Å². The van der Waals surface area contributed by atoms with E-state index in [2.05, 4.69) is 4.98 Å². The second kappa shape index (κ2) is 4.05.